The van der Waals surface area contributed by atoms with Crippen molar-refractivity contribution in [3.63, 3.8) is 0 Å². The van der Waals surface area contributed by atoms with Crippen LogP contribution < -0.4 is 21.3 Å². The molecule has 0 aliphatic rings. The van der Waals surface area contributed by atoms with Gasteiger partial charge < -0.3 is 31.4 Å². The third kappa shape index (κ3) is 6.42. The molecule has 9 nitrogen and oxygen atoms in total. The molecular weight excluding hydrogens is 458 g/mol. The molecule has 0 saturated carbocycles. The maximum atomic E-state index is 13.3. The van der Waals surface area contributed by atoms with E-state index in [-0.39, 0.29) is 19.0 Å². The summed E-state index contributed by atoms with van der Waals surface area (Å²) in [5.74, 6) is -1.01. The highest BCUT2D eigenvalue weighted by Crippen LogP contribution is 2.33. The van der Waals surface area contributed by atoms with Crippen LogP contribution >= 0.6 is 0 Å². The standard InChI is InChI=1S/C27H35N5O4/c1-4-14-28-17-24(33)31-22-11-7-5-9-19(22)13-15-29-25(34)27(3,32-26(35)36)18(2)21-16-30-23-12-8-6-10-20(21)23/h5-12,16,18,28,30,32H,4,13-15,17H2,1-3H3,(H,29,34)(H,31,33)(H,35,36). The number of hydrogen-bond acceptors (Lipinski definition) is 4. The van der Waals surface area contributed by atoms with Crippen molar-refractivity contribution in [1.29, 1.82) is 0 Å². The number of benzene rings is 2. The van der Waals surface area contributed by atoms with Gasteiger partial charge in [-0.15, -0.1) is 0 Å². The number of hydrogen-bond donors (Lipinski definition) is 6. The van der Waals surface area contributed by atoms with Gasteiger partial charge in [0.2, 0.25) is 11.8 Å². The minimum absolute atomic E-state index is 0.134. The van der Waals surface area contributed by atoms with E-state index in [1.807, 2.05) is 68.6 Å². The van der Waals surface area contributed by atoms with Gasteiger partial charge in [0.1, 0.15) is 5.54 Å². The zero-order valence-corrected chi connectivity index (χ0v) is 21.0. The van der Waals surface area contributed by atoms with Gasteiger partial charge in [-0.2, -0.15) is 0 Å². The molecule has 1 heterocycles. The SMILES string of the molecule is CCCNCC(=O)Nc1ccccc1CCNC(=O)C(C)(NC(=O)O)C(C)c1c[nH]c2ccccc12. The lowest BCUT2D eigenvalue weighted by atomic mass is 9.81. The topological polar surface area (TPSA) is 135 Å². The molecule has 1 aromatic heterocycles. The first-order chi connectivity index (χ1) is 17.3. The molecule has 0 spiro atoms. The van der Waals surface area contributed by atoms with Gasteiger partial charge >= 0.3 is 6.09 Å². The first-order valence-electron chi connectivity index (χ1n) is 12.2. The monoisotopic (exact) mass is 493 g/mol. The fraction of sp³-hybridized carbons (Fsp3) is 0.370. The van der Waals surface area contributed by atoms with Crippen molar-refractivity contribution < 1.29 is 19.5 Å². The van der Waals surface area contributed by atoms with Gasteiger partial charge in [0.05, 0.1) is 6.54 Å². The lowest BCUT2D eigenvalue weighted by molar-refractivity contribution is -0.127. The van der Waals surface area contributed by atoms with Crippen molar-refractivity contribution in [1.82, 2.24) is 20.9 Å². The summed E-state index contributed by atoms with van der Waals surface area (Å²) in [6.07, 6.45) is 1.95. The maximum Gasteiger partial charge on any atom is 0.405 e. The molecule has 2 aromatic carbocycles. The average Bonchev–Trinajstić information content (AvgIpc) is 3.28. The fourth-order valence-corrected chi connectivity index (χ4v) is 4.27. The highest BCUT2D eigenvalue weighted by molar-refractivity contribution is 5.93. The van der Waals surface area contributed by atoms with Crippen LogP contribution in [-0.4, -0.2) is 53.2 Å². The molecule has 3 rings (SSSR count). The maximum absolute atomic E-state index is 13.3. The summed E-state index contributed by atoms with van der Waals surface area (Å²) in [5, 5.41) is 21.8. The Bertz CT molecular complexity index is 1210. The zero-order chi connectivity index (χ0) is 26.1. The minimum Gasteiger partial charge on any atom is -0.465 e. The van der Waals surface area contributed by atoms with Crippen molar-refractivity contribution >= 4 is 34.5 Å². The number of para-hydroxylation sites is 2. The Morgan fingerprint density at radius 1 is 1.06 bits per heavy atom. The largest absolute Gasteiger partial charge is 0.465 e. The van der Waals surface area contributed by atoms with E-state index in [9.17, 15) is 19.5 Å². The molecule has 0 aliphatic carbocycles. The van der Waals surface area contributed by atoms with Crippen LogP contribution in [-0.2, 0) is 16.0 Å². The smallest absolute Gasteiger partial charge is 0.405 e. The molecule has 0 bridgehead atoms. The lowest BCUT2D eigenvalue weighted by Gasteiger charge is -2.34. The van der Waals surface area contributed by atoms with Crippen molar-refractivity contribution in [3.8, 4) is 0 Å². The van der Waals surface area contributed by atoms with Crippen molar-refractivity contribution in [2.75, 3.05) is 25.0 Å². The number of rotatable bonds is 12. The Morgan fingerprint density at radius 2 is 1.78 bits per heavy atom. The Kier molecular flexibility index (Phi) is 9.08. The van der Waals surface area contributed by atoms with Gasteiger partial charge in [0, 0.05) is 35.2 Å². The second kappa shape index (κ2) is 12.2. The Labute approximate surface area is 211 Å². The summed E-state index contributed by atoms with van der Waals surface area (Å²) in [7, 11) is 0. The summed E-state index contributed by atoms with van der Waals surface area (Å²) in [5.41, 5.74) is 1.92. The number of amides is 3. The number of anilines is 1. The van der Waals surface area contributed by atoms with Gasteiger partial charge in [-0.1, -0.05) is 50.2 Å². The number of carbonyl (C=O) groups is 3. The van der Waals surface area contributed by atoms with Gasteiger partial charge in [-0.25, -0.2) is 4.79 Å². The number of nitrogens with one attached hydrogen (secondary N) is 5. The van der Waals surface area contributed by atoms with E-state index in [2.05, 4.69) is 26.3 Å². The van der Waals surface area contributed by atoms with Crippen LogP contribution in [0.4, 0.5) is 10.5 Å². The van der Waals surface area contributed by atoms with Crippen molar-refractivity contribution in [2.45, 2.75) is 45.1 Å². The molecule has 3 aromatic rings. The fourth-order valence-electron chi connectivity index (χ4n) is 4.27. The predicted octanol–water partition coefficient (Wildman–Crippen LogP) is 3.59. The Hall–Kier alpha value is -3.85. The number of fused-ring (bicyclic) bond motifs is 1. The molecule has 6 N–H and O–H groups in total. The van der Waals surface area contributed by atoms with E-state index >= 15 is 0 Å². The van der Waals surface area contributed by atoms with E-state index < -0.39 is 23.5 Å². The lowest BCUT2D eigenvalue weighted by Crippen LogP contribution is -2.59. The van der Waals surface area contributed by atoms with Crippen LogP contribution in [0.3, 0.4) is 0 Å². The molecule has 2 unspecified atom stereocenters. The van der Waals surface area contributed by atoms with Gasteiger partial charge in [0.15, 0.2) is 0 Å². The first kappa shape index (κ1) is 26.7. The number of H-pyrrole nitrogens is 1. The predicted molar refractivity (Wildman–Crippen MR) is 141 cm³/mol. The summed E-state index contributed by atoms with van der Waals surface area (Å²) in [6.45, 7) is 6.73. The molecule has 36 heavy (non-hydrogen) atoms. The number of carbonyl (C=O) groups excluding carboxylic acids is 2. The van der Waals surface area contributed by atoms with Crippen LogP contribution in [0, 0.1) is 0 Å². The molecule has 0 fully saturated rings. The summed E-state index contributed by atoms with van der Waals surface area (Å²) in [6, 6.07) is 15.1. The highest BCUT2D eigenvalue weighted by Gasteiger charge is 2.42. The summed E-state index contributed by atoms with van der Waals surface area (Å²) < 4.78 is 0. The Morgan fingerprint density at radius 3 is 2.53 bits per heavy atom. The third-order valence-corrected chi connectivity index (χ3v) is 6.48. The number of carboxylic acid groups (broad SMARTS) is 1. The average molecular weight is 494 g/mol. The molecule has 0 saturated heterocycles. The van der Waals surface area contributed by atoms with Crippen LogP contribution in [0.2, 0.25) is 0 Å². The van der Waals surface area contributed by atoms with E-state index in [4.69, 9.17) is 0 Å². The van der Waals surface area contributed by atoms with Crippen LogP contribution in [0.1, 0.15) is 44.2 Å². The third-order valence-electron chi connectivity index (χ3n) is 6.48. The number of aromatic nitrogens is 1. The van der Waals surface area contributed by atoms with Crippen LogP contribution in [0.15, 0.2) is 54.7 Å². The molecule has 0 aliphatic heterocycles. The molecule has 0 radical (unpaired) electrons. The molecule has 192 valence electrons. The van der Waals surface area contributed by atoms with Gasteiger partial charge in [0.25, 0.3) is 0 Å². The van der Waals surface area contributed by atoms with Gasteiger partial charge in [-0.3, -0.25) is 9.59 Å². The summed E-state index contributed by atoms with van der Waals surface area (Å²) in [4.78, 5) is 40.4. The molecular formula is C27H35N5O4. The number of aromatic amines is 1. The molecule has 2 atom stereocenters. The van der Waals surface area contributed by atoms with Gasteiger partial charge in [-0.05, 0) is 49.6 Å². The normalized spacial score (nSPS) is 13.5. The zero-order valence-electron chi connectivity index (χ0n) is 21.0. The molecule has 3 amide bonds. The van der Waals surface area contributed by atoms with Crippen LogP contribution in [0.5, 0.6) is 0 Å². The van der Waals surface area contributed by atoms with Crippen molar-refractivity contribution in [2.24, 2.45) is 0 Å². The minimum atomic E-state index is -1.41. The summed E-state index contributed by atoms with van der Waals surface area (Å²) >= 11 is 0. The van der Waals surface area contributed by atoms with Crippen LogP contribution in [0.25, 0.3) is 10.9 Å². The Balaban J connectivity index is 1.69. The van der Waals surface area contributed by atoms with E-state index in [0.29, 0.717) is 12.1 Å². The second-order valence-electron chi connectivity index (χ2n) is 9.03. The quantitative estimate of drug-likeness (QED) is 0.214. The van der Waals surface area contributed by atoms with E-state index in [0.717, 1.165) is 35.0 Å². The highest BCUT2D eigenvalue weighted by atomic mass is 16.4. The first-order valence-corrected chi connectivity index (χ1v) is 12.2. The second-order valence-corrected chi connectivity index (χ2v) is 9.03. The van der Waals surface area contributed by atoms with E-state index in [1.165, 1.54) is 0 Å². The molecule has 9 heteroatoms. The van der Waals surface area contributed by atoms with E-state index in [1.54, 1.807) is 6.92 Å². The van der Waals surface area contributed by atoms with Crippen molar-refractivity contribution in [3.05, 3.63) is 65.9 Å².